The monoisotopic (exact) mass is 350 g/mol. The molecule has 1 aliphatic carbocycles. The van der Waals surface area contributed by atoms with Crippen LogP contribution >= 0.6 is 0 Å². The van der Waals surface area contributed by atoms with Crippen LogP contribution in [0.5, 0.6) is 0 Å². The average Bonchev–Trinajstić information content (AvgIpc) is 3.01. The lowest BCUT2D eigenvalue weighted by molar-refractivity contribution is -0.142. The summed E-state index contributed by atoms with van der Waals surface area (Å²) in [7, 11) is 1.99. The van der Waals surface area contributed by atoms with Gasteiger partial charge in [-0.1, -0.05) is 13.8 Å². The zero-order valence-electron chi connectivity index (χ0n) is 16.5. The molecule has 1 saturated heterocycles. The Morgan fingerprint density at radius 3 is 2.48 bits per heavy atom. The fourth-order valence-electron chi connectivity index (χ4n) is 3.83. The predicted molar refractivity (Wildman–Crippen MR) is 99.2 cm³/mol. The Hall–Kier alpha value is -1.36. The molecule has 0 aromatic carbocycles. The number of Topliss-reactive ketones (excluding diaryl/α,β-unsaturated/α-hetero) is 1. The molecule has 0 N–H and O–H groups in total. The predicted octanol–water partition coefficient (Wildman–Crippen LogP) is 3.00. The summed E-state index contributed by atoms with van der Waals surface area (Å²) in [5.41, 5.74) is 2.43. The second-order valence-electron chi connectivity index (χ2n) is 7.77. The van der Waals surface area contributed by atoms with Crippen LogP contribution in [0.15, 0.2) is 11.3 Å². The maximum atomic E-state index is 12.7. The smallest absolute Gasteiger partial charge is 0.226 e. The fourth-order valence-corrected chi connectivity index (χ4v) is 3.83. The molecule has 0 aromatic heterocycles. The summed E-state index contributed by atoms with van der Waals surface area (Å²) >= 11 is 0. The number of hydrogen-bond acceptors (Lipinski definition) is 4. The number of rotatable bonds is 7. The Balaban J connectivity index is 1.99. The summed E-state index contributed by atoms with van der Waals surface area (Å²) in [6.45, 7) is 9.88. The van der Waals surface area contributed by atoms with Gasteiger partial charge in [0.25, 0.3) is 0 Å². The van der Waals surface area contributed by atoms with Crippen LogP contribution in [0.1, 0.15) is 59.8 Å². The number of hydrogen-bond donors (Lipinski definition) is 0. The molecule has 2 aliphatic rings. The number of carbonyl (C=O) groups excluding carboxylic acids is 2. The number of carbonyl (C=O) groups is 2. The molecule has 3 unspecified atom stereocenters. The van der Waals surface area contributed by atoms with Gasteiger partial charge in [0.1, 0.15) is 0 Å². The largest absolute Gasteiger partial charge is 0.372 e. The molecule has 5 nitrogen and oxygen atoms in total. The third-order valence-corrected chi connectivity index (χ3v) is 5.45. The van der Waals surface area contributed by atoms with Crippen molar-refractivity contribution in [3.05, 3.63) is 11.3 Å². The molecule has 0 saturated carbocycles. The highest BCUT2D eigenvalue weighted by Crippen LogP contribution is 2.31. The van der Waals surface area contributed by atoms with E-state index in [1.54, 1.807) is 0 Å². The van der Waals surface area contributed by atoms with E-state index >= 15 is 0 Å². The number of morpholine rings is 1. The van der Waals surface area contributed by atoms with Crippen LogP contribution in [0.3, 0.4) is 0 Å². The Kier molecular flexibility index (Phi) is 7.05. The average molecular weight is 351 g/mol. The maximum Gasteiger partial charge on any atom is 0.226 e. The third kappa shape index (κ3) is 5.30. The second-order valence-corrected chi connectivity index (χ2v) is 7.77. The van der Waals surface area contributed by atoms with Crippen molar-refractivity contribution in [1.29, 1.82) is 0 Å². The quantitative estimate of drug-likeness (QED) is 0.708. The van der Waals surface area contributed by atoms with E-state index in [2.05, 4.69) is 4.90 Å². The van der Waals surface area contributed by atoms with Gasteiger partial charge in [0, 0.05) is 38.2 Å². The van der Waals surface area contributed by atoms with Crippen LogP contribution in [0, 0.1) is 5.92 Å². The first-order chi connectivity index (χ1) is 11.8. The molecule has 0 bridgehead atoms. The molecule has 1 heterocycles. The minimum atomic E-state index is 0.0977. The first-order valence-electron chi connectivity index (χ1n) is 9.69. The fraction of sp³-hybridized carbons (Fsp3) is 0.800. The molecule has 3 atom stereocenters. The van der Waals surface area contributed by atoms with Gasteiger partial charge in [-0.15, -0.1) is 0 Å². The number of likely N-dealkylation sites (N-methyl/N-ethyl adjacent to an activating group) is 1. The normalized spacial score (nSPS) is 25.2. The van der Waals surface area contributed by atoms with Gasteiger partial charge in [0.2, 0.25) is 5.91 Å². The van der Waals surface area contributed by atoms with E-state index in [-0.39, 0.29) is 29.8 Å². The highest BCUT2D eigenvalue weighted by Gasteiger charge is 2.28. The second kappa shape index (κ2) is 8.84. The van der Waals surface area contributed by atoms with Crippen LogP contribution in [0.4, 0.5) is 0 Å². The Morgan fingerprint density at radius 2 is 1.88 bits per heavy atom. The first kappa shape index (κ1) is 20.0. The lowest BCUT2D eigenvalue weighted by atomic mass is 10.0. The van der Waals surface area contributed by atoms with Gasteiger partial charge < -0.3 is 14.5 Å². The van der Waals surface area contributed by atoms with E-state index in [4.69, 9.17) is 4.74 Å². The van der Waals surface area contributed by atoms with Crippen molar-refractivity contribution in [2.75, 3.05) is 26.7 Å². The van der Waals surface area contributed by atoms with E-state index < -0.39 is 0 Å². The van der Waals surface area contributed by atoms with E-state index in [0.29, 0.717) is 26.1 Å². The van der Waals surface area contributed by atoms with Gasteiger partial charge in [-0.3, -0.25) is 9.59 Å². The van der Waals surface area contributed by atoms with Gasteiger partial charge in [0.15, 0.2) is 5.78 Å². The Labute approximate surface area is 152 Å². The van der Waals surface area contributed by atoms with Crippen LogP contribution in [0.25, 0.3) is 0 Å². The third-order valence-electron chi connectivity index (χ3n) is 5.45. The van der Waals surface area contributed by atoms with E-state index in [1.807, 2.05) is 39.6 Å². The summed E-state index contributed by atoms with van der Waals surface area (Å²) in [6.07, 6.45) is 4.58. The van der Waals surface area contributed by atoms with Crippen LogP contribution < -0.4 is 0 Å². The zero-order valence-corrected chi connectivity index (χ0v) is 16.5. The van der Waals surface area contributed by atoms with Crippen molar-refractivity contribution in [2.24, 2.45) is 5.92 Å². The van der Waals surface area contributed by atoms with Crippen LogP contribution in [-0.2, 0) is 14.3 Å². The van der Waals surface area contributed by atoms with Crippen molar-refractivity contribution in [3.8, 4) is 0 Å². The lowest BCUT2D eigenvalue weighted by Crippen LogP contribution is -2.48. The molecular weight excluding hydrogens is 316 g/mol. The van der Waals surface area contributed by atoms with Gasteiger partial charge in [-0.25, -0.2) is 0 Å². The van der Waals surface area contributed by atoms with E-state index in [9.17, 15) is 9.59 Å². The summed E-state index contributed by atoms with van der Waals surface area (Å²) in [5, 5.41) is 0. The molecule has 2 rings (SSSR count). The van der Waals surface area contributed by atoms with Gasteiger partial charge in [0.05, 0.1) is 18.8 Å². The molecular formula is C20H34N2O3. The van der Waals surface area contributed by atoms with Crippen molar-refractivity contribution in [2.45, 2.75) is 72.0 Å². The molecule has 1 fully saturated rings. The number of amides is 1. The summed E-state index contributed by atoms with van der Waals surface area (Å²) in [6, 6.07) is 0. The minimum Gasteiger partial charge on any atom is -0.372 e. The Bertz CT molecular complexity index is 519. The van der Waals surface area contributed by atoms with Gasteiger partial charge >= 0.3 is 0 Å². The van der Waals surface area contributed by atoms with E-state index in [1.165, 1.54) is 11.3 Å². The van der Waals surface area contributed by atoms with Gasteiger partial charge in [-0.2, -0.15) is 0 Å². The Morgan fingerprint density at radius 1 is 1.24 bits per heavy atom. The van der Waals surface area contributed by atoms with Crippen molar-refractivity contribution < 1.29 is 14.3 Å². The molecule has 1 aliphatic heterocycles. The molecule has 25 heavy (non-hydrogen) atoms. The lowest BCUT2D eigenvalue weighted by Gasteiger charge is -2.35. The van der Waals surface area contributed by atoms with Crippen molar-refractivity contribution >= 4 is 11.7 Å². The molecule has 0 spiro atoms. The number of ketones is 1. The highest BCUT2D eigenvalue weighted by atomic mass is 16.5. The topological polar surface area (TPSA) is 49.9 Å². The minimum absolute atomic E-state index is 0.0977. The summed E-state index contributed by atoms with van der Waals surface area (Å²) < 4.78 is 5.72. The van der Waals surface area contributed by atoms with Crippen LogP contribution in [-0.4, -0.2) is 60.4 Å². The van der Waals surface area contributed by atoms with Gasteiger partial charge in [-0.05, 0) is 45.1 Å². The summed E-state index contributed by atoms with van der Waals surface area (Å²) in [4.78, 5) is 29.0. The maximum absolute atomic E-state index is 12.7. The standard InChI is InChI=1S/C20H34N2O3/c1-6-14(2)19(23)13-21(5)18-9-7-8-17(18)10-20(24)22-11-15(3)25-16(4)12-22/h14-16H,6-13H2,1-5H3. The van der Waals surface area contributed by atoms with E-state index in [0.717, 1.165) is 25.7 Å². The molecule has 1 amide bonds. The van der Waals surface area contributed by atoms with Crippen molar-refractivity contribution in [3.63, 3.8) is 0 Å². The molecule has 142 valence electrons. The highest BCUT2D eigenvalue weighted by molar-refractivity contribution is 5.83. The first-order valence-corrected chi connectivity index (χ1v) is 9.69. The number of nitrogens with zero attached hydrogens (tertiary/aromatic N) is 2. The number of ether oxygens (including phenoxy) is 1. The molecule has 0 aromatic rings. The SMILES string of the molecule is CCC(C)C(=O)CN(C)C1=C(CC(=O)N2CC(C)OC(C)C2)CCC1. The summed E-state index contributed by atoms with van der Waals surface area (Å²) in [5.74, 6) is 0.579. The number of allylic oxidation sites excluding steroid dienone is 1. The van der Waals surface area contributed by atoms with Crippen LogP contribution in [0.2, 0.25) is 0 Å². The van der Waals surface area contributed by atoms with Crippen molar-refractivity contribution in [1.82, 2.24) is 9.80 Å². The molecule has 5 heteroatoms. The molecule has 0 radical (unpaired) electrons. The zero-order chi connectivity index (χ0) is 18.6.